The van der Waals surface area contributed by atoms with Crippen LogP contribution in [0.3, 0.4) is 0 Å². The van der Waals surface area contributed by atoms with Crippen LogP contribution >= 0.6 is 11.6 Å². The highest BCUT2D eigenvalue weighted by Crippen LogP contribution is 2.49. The van der Waals surface area contributed by atoms with Crippen LogP contribution < -0.4 is 5.32 Å². The van der Waals surface area contributed by atoms with Gasteiger partial charge in [0, 0.05) is 17.0 Å². The van der Waals surface area contributed by atoms with E-state index in [4.69, 9.17) is 11.6 Å². The fraction of sp³-hybridized carbons (Fsp3) is 0.538. The van der Waals surface area contributed by atoms with Crippen molar-refractivity contribution in [2.75, 3.05) is 13.6 Å². The Labute approximate surface area is 101 Å². The Hall–Kier alpha value is -0.600. The highest BCUT2D eigenvalue weighted by molar-refractivity contribution is 6.31. The summed E-state index contributed by atoms with van der Waals surface area (Å²) in [6.45, 7) is 3.15. The summed E-state index contributed by atoms with van der Waals surface area (Å²) in [6.07, 6.45) is 2.25. The molecule has 88 valence electrons. The molecule has 16 heavy (non-hydrogen) atoms. The van der Waals surface area contributed by atoms with E-state index < -0.39 is 0 Å². The van der Waals surface area contributed by atoms with E-state index in [9.17, 15) is 4.39 Å². The second kappa shape index (κ2) is 4.34. The van der Waals surface area contributed by atoms with Gasteiger partial charge in [0.1, 0.15) is 5.82 Å². The number of halogens is 2. The van der Waals surface area contributed by atoms with Gasteiger partial charge in [-0.3, -0.25) is 0 Å². The first-order chi connectivity index (χ1) is 7.57. The predicted octanol–water partition coefficient (Wildman–Crippen LogP) is 3.37. The average molecular weight is 242 g/mol. The SMILES string of the molecule is CNCC1(c2ccc(F)cc2Cl)CC(C)C1. The van der Waals surface area contributed by atoms with E-state index in [0.717, 1.165) is 30.9 Å². The third-order valence-corrected chi connectivity index (χ3v) is 3.81. The molecule has 1 aromatic rings. The Morgan fingerprint density at radius 2 is 2.19 bits per heavy atom. The molecule has 1 aliphatic rings. The molecule has 1 N–H and O–H groups in total. The maximum Gasteiger partial charge on any atom is 0.124 e. The quantitative estimate of drug-likeness (QED) is 0.856. The topological polar surface area (TPSA) is 12.0 Å². The van der Waals surface area contributed by atoms with Gasteiger partial charge in [-0.1, -0.05) is 24.6 Å². The Balaban J connectivity index is 2.33. The lowest BCUT2D eigenvalue weighted by atomic mass is 9.59. The zero-order valence-corrected chi connectivity index (χ0v) is 10.4. The van der Waals surface area contributed by atoms with Crippen molar-refractivity contribution < 1.29 is 4.39 Å². The van der Waals surface area contributed by atoms with Gasteiger partial charge >= 0.3 is 0 Å². The van der Waals surface area contributed by atoms with E-state index in [2.05, 4.69) is 12.2 Å². The summed E-state index contributed by atoms with van der Waals surface area (Å²) in [5.74, 6) is 0.468. The van der Waals surface area contributed by atoms with Gasteiger partial charge < -0.3 is 5.32 Å². The zero-order valence-electron chi connectivity index (χ0n) is 9.69. The van der Waals surface area contributed by atoms with Crippen molar-refractivity contribution in [2.45, 2.75) is 25.2 Å². The largest absolute Gasteiger partial charge is 0.319 e. The molecule has 0 aliphatic heterocycles. The highest BCUT2D eigenvalue weighted by atomic mass is 35.5. The van der Waals surface area contributed by atoms with Crippen molar-refractivity contribution in [1.82, 2.24) is 5.32 Å². The molecule has 0 bridgehead atoms. The lowest BCUT2D eigenvalue weighted by Gasteiger charge is -2.47. The predicted molar refractivity (Wildman–Crippen MR) is 65.4 cm³/mol. The minimum atomic E-state index is -0.263. The minimum Gasteiger partial charge on any atom is -0.319 e. The van der Waals surface area contributed by atoms with Gasteiger partial charge in [-0.2, -0.15) is 0 Å². The molecular weight excluding hydrogens is 225 g/mol. The second-order valence-electron chi connectivity index (χ2n) is 4.95. The fourth-order valence-corrected chi connectivity index (χ4v) is 3.36. The number of hydrogen-bond donors (Lipinski definition) is 1. The van der Waals surface area contributed by atoms with Crippen LogP contribution in [0.25, 0.3) is 0 Å². The summed E-state index contributed by atoms with van der Waals surface area (Å²) in [6, 6.07) is 4.75. The van der Waals surface area contributed by atoms with Crippen molar-refractivity contribution in [1.29, 1.82) is 0 Å². The van der Waals surface area contributed by atoms with Crippen molar-refractivity contribution >= 4 is 11.6 Å². The summed E-state index contributed by atoms with van der Waals surface area (Å²) in [4.78, 5) is 0. The van der Waals surface area contributed by atoms with Gasteiger partial charge in [-0.15, -0.1) is 0 Å². The third kappa shape index (κ3) is 1.96. The van der Waals surface area contributed by atoms with E-state index in [0.29, 0.717) is 5.02 Å². The van der Waals surface area contributed by atoms with Crippen molar-refractivity contribution in [3.8, 4) is 0 Å². The minimum absolute atomic E-state index is 0.110. The Morgan fingerprint density at radius 1 is 1.50 bits per heavy atom. The van der Waals surface area contributed by atoms with Crippen LogP contribution in [-0.4, -0.2) is 13.6 Å². The van der Waals surface area contributed by atoms with Gasteiger partial charge in [0.05, 0.1) is 0 Å². The Bertz CT molecular complexity index is 380. The van der Waals surface area contributed by atoms with Crippen LogP contribution in [0.5, 0.6) is 0 Å². The third-order valence-electron chi connectivity index (χ3n) is 3.50. The molecule has 1 aromatic carbocycles. The molecule has 1 nitrogen and oxygen atoms in total. The number of hydrogen-bond acceptors (Lipinski definition) is 1. The van der Waals surface area contributed by atoms with Crippen LogP contribution in [0.4, 0.5) is 4.39 Å². The molecule has 0 amide bonds. The number of nitrogens with one attached hydrogen (secondary N) is 1. The maximum absolute atomic E-state index is 13.0. The lowest BCUT2D eigenvalue weighted by molar-refractivity contribution is 0.155. The Kier molecular flexibility index (Phi) is 3.22. The maximum atomic E-state index is 13.0. The standard InChI is InChI=1S/C13H17ClFN/c1-9-6-13(7-9,8-16-2)11-4-3-10(15)5-12(11)14/h3-5,9,16H,6-8H2,1-2H3. The molecular formula is C13H17ClFN. The first-order valence-corrected chi connectivity index (χ1v) is 6.05. The summed E-state index contributed by atoms with van der Waals surface area (Å²) in [5, 5.41) is 3.78. The molecule has 0 unspecified atom stereocenters. The molecule has 0 heterocycles. The Morgan fingerprint density at radius 3 is 2.69 bits per heavy atom. The highest BCUT2D eigenvalue weighted by Gasteiger charge is 2.43. The van der Waals surface area contributed by atoms with Gasteiger partial charge in [0.2, 0.25) is 0 Å². The molecule has 0 atom stereocenters. The monoisotopic (exact) mass is 241 g/mol. The smallest absolute Gasteiger partial charge is 0.124 e. The normalized spacial score (nSPS) is 28.9. The van der Waals surface area contributed by atoms with Crippen LogP contribution in [0, 0.1) is 11.7 Å². The van der Waals surface area contributed by atoms with Crippen LogP contribution in [-0.2, 0) is 5.41 Å². The van der Waals surface area contributed by atoms with Gasteiger partial charge in [0.15, 0.2) is 0 Å². The molecule has 1 aliphatic carbocycles. The summed E-state index contributed by atoms with van der Waals surface area (Å²) >= 11 is 6.14. The molecule has 3 heteroatoms. The van der Waals surface area contributed by atoms with E-state index in [1.165, 1.54) is 12.1 Å². The summed E-state index contributed by atoms with van der Waals surface area (Å²) in [7, 11) is 1.95. The fourth-order valence-electron chi connectivity index (χ4n) is 2.99. The van der Waals surface area contributed by atoms with Crippen LogP contribution in [0.15, 0.2) is 18.2 Å². The number of benzene rings is 1. The molecule has 1 saturated carbocycles. The molecule has 2 rings (SSSR count). The van der Waals surface area contributed by atoms with Crippen molar-refractivity contribution in [2.24, 2.45) is 5.92 Å². The zero-order chi connectivity index (χ0) is 11.8. The second-order valence-corrected chi connectivity index (χ2v) is 5.36. The molecule has 0 aromatic heterocycles. The van der Waals surface area contributed by atoms with Crippen LogP contribution in [0.2, 0.25) is 5.02 Å². The first-order valence-electron chi connectivity index (χ1n) is 5.67. The van der Waals surface area contributed by atoms with E-state index >= 15 is 0 Å². The first kappa shape index (κ1) is 11.9. The average Bonchev–Trinajstić information content (AvgIpc) is 2.15. The van der Waals surface area contributed by atoms with Crippen LogP contribution in [0.1, 0.15) is 25.3 Å². The van der Waals surface area contributed by atoms with E-state index in [1.54, 1.807) is 0 Å². The van der Waals surface area contributed by atoms with Crippen molar-refractivity contribution in [3.63, 3.8) is 0 Å². The van der Waals surface area contributed by atoms with Gasteiger partial charge in [0.25, 0.3) is 0 Å². The summed E-state index contributed by atoms with van der Waals surface area (Å²) in [5.41, 5.74) is 1.20. The molecule has 1 fully saturated rings. The van der Waals surface area contributed by atoms with E-state index in [1.807, 2.05) is 13.1 Å². The van der Waals surface area contributed by atoms with E-state index in [-0.39, 0.29) is 11.2 Å². The van der Waals surface area contributed by atoms with Gasteiger partial charge in [-0.05, 0) is 43.5 Å². The van der Waals surface area contributed by atoms with Crippen molar-refractivity contribution in [3.05, 3.63) is 34.6 Å². The molecule has 0 spiro atoms. The summed E-state index contributed by atoms with van der Waals surface area (Å²) < 4.78 is 13.0. The van der Waals surface area contributed by atoms with Gasteiger partial charge in [-0.25, -0.2) is 4.39 Å². The number of rotatable bonds is 3. The molecule has 0 radical (unpaired) electrons. The molecule has 0 saturated heterocycles. The lowest BCUT2D eigenvalue weighted by Crippen LogP contribution is -2.47. The number of likely N-dealkylation sites (N-methyl/N-ethyl adjacent to an activating group) is 1.